The second-order valence-electron chi connectivity index (χ2n) is 4.20. The highest BCUT2D eigenvalue weighted by Crippen LogP contribution is 2.09. The van der Waals surface area contributed by atoms with Gasteiger partial charge in [-0.3, -0.25) is 4.79 Å². The van der Waals surface area contributed by atoms with E-state index in [-0.39, 0.29) is 18.9 Å². The lowest BCUT2D eigenvalue weighted by Crippen LogP contribution is -2.38. The second-order valence-corrected chi connectivity index (χ2v) is 6.29. The molecule has 0 heterocycles. The normalized spacial score (nSPS) is 11.5. The molecule has 0 bridgehead atoms. The zero-order valence-corrected chi connectivity index (χ0v) is 12.2. The molecule has 1 rings (SSSR count). The Bertz CT molecular complexity index is 515. The van der Waals surface area contributed by atoms with Crippen LogP contribution in [0.2, 0.25) is 0 Å². The van der Waals surface area contributed by atoms with Crippen LogP contribution in [0, 0.1) is 0 Å². The van der Waals surface area contributed by atoms with Gasteiger partial charge in [0.1, 0.15) is 18.9 Å². The molecule has 0 saturated carbocycles. The minimum atomic E-state index is -3.62. The first-order valence-corrected chi connectivity index (χ1v) is 7.94. The summed E-state index contributed by atoms with van der Waals surface area (Å²) < 4.78 is 30.4. The van der Waals surface area contributed by atoms with Crippen molar-refractivity contribution < 1.29 is 23.1 Å². The Balaban J connectivity index is 2.56. The fourth-order valence-corrected chi connectivity index (χ4v) is 2.95. The number of sulfonamides is 1. The topological polar surface area (TPSA) is 83.9 Å². The molecule has 7 heteroatoms. The number of carbonyl (C=O) groups is 1. The van der Waals surface area contributed by atoms with Crippen molar-refractivity contribution in [1.82, 2.24) is 4.31 Å². The number of carboxylic acid groups (broad SMARTS) is 1. The molecule has 0 amide bonds. The standard InChI is InChI=1S/C13H19NO5S/c1-2-8-14(11-13(15)16)20(17,18)10-9-19-12-6-4-3-5-7-12/h3-7H,2,8-11H2,1H3,(H,15,16). The molecule has 6 nitrogen and oxygen atoms in total. The molecule has 0 aliphatic carbocycles. The van der Waals surface area contributed by atoms with Crippen molar-refractivity contribution in [1.29, 1.82) is 0 Å². The minimum absolute atomic E-state index is 0.00776. The van der Waals surface area contributed by atoms with Crippen molar-refractivity contribution in [3.8, 4) is 5.75 Å². The molecule has 1 aromatic carbocycles. The predicted octanol–water partition coefficient (Wildman–Crippen LogP) is 1.19. The van der Waals surface area contributed by atoms with E-state index in [1.807, 2.05) is 6.07 Å². The lowest BCUT2D eigenvalue weighted by atomic mass is 10.3. The van der Waals surface area contributed by atoms with Gasteiger partial charge in [0.15, 0.2) is 0 Å². The third kappa shape index (κ3) is 5.58. The van der Waals surface area contributed by atoms with E-state index in [0.29, 0.717) is 12.2 Å². The summed E-state index contributed by atoms with van der Waals surface area (Å²) in [7, 11) is -3.62. The molecule has 20 heavy (non-hydrogen) atoms. The van der Waals surface area contributed by atoms with Gasteiger partial charge in [0, 0.05) is 6.54 Å². The van der Waals surface area contributed by atoms with Gasteiger partial charge in [0.25, 0.3) is 0 Å². The van der Waals surface area contributed by atoms with Crippen LogP contribution in [-0.4, -0.2) is 49.2 Å². The molecule has 0 aliphatic rings. The van der Waals surface area contributed by atoms with Crippen LogP contribution in [-0.2, 0) is 14.8 Å². The third-order valence-electron chi connectivity index (χ3n) is 2.53. The van der Waals surface area contributed by atoms with Crippen molar-refractivity contribution in [2.45, 2.75) is 13.3 Å². The number of hydrogen-bond donors (Lipinski definition) is 1. The maximum Gasteiger partial charge on any atom is 0.318 e. The zero-order chi connectivity index (χ0) is 15.0. The van der Waals surface area contributed by atoms with Gasteiger partial charge in [-0.05, 0) is 18.6 Å². The van der Waals surface area contributed by atoms with Gasteiger partial charge >= 0.3 is 5.97 Å². The molecule has 1 N–H and O–H groups in total. The van der Waals surface area contributed by atoms with Crippen LogP contribution in [0.1, 0.15) is 13.3 Å². The molecule has 112 valence electrons. The van der Waals surface area contributed by atoms with Gasteiger partial charge in [0.2, 0.25) is 10.0 Å². The van der Waals surface area contributed by atoms with Gasteiger partial charge in [-0.2, -0.15) is 4.31 Å². The maximum atomic E-state index is 12.0. The quantitative estimate of drug-likeness (QED) is 0.740. The number of nitrogens with zero attached hydrogens (tertiary/aromatic N) is 1. The van der Waals surface area contributed by atoms with E-state index < -0.39 is 22.5 Å². The average Bonchev–Trinajstić information content (AvgIpc) is 2.39. The number of hydrogen-bond acceptors (Lipinski definition) is 4. The van der Waals surface area contributed by atoms with Gasteiger partial charge in [0.05, 0.1) is 5.75 Å². The highest BCUT2D eigenvalue weighted by Gasteiger charge is 2.23. The number of aliphatic carboxylic acids is 1. The fraction of sp³-hybridized carbons (Fsp3) is 0.462. The monoisotopic (exact) mass is 301 g/mol. The van der Waals surface area contributed by atoms with Crippen LogP contribution >= 0.6 is 0 Å². The largest absolute Gasteiger partial charge is 0.492 e. The smallest absolute Gasteiger partial charge is 0.318 e. The Hall–Kier alpha value is -1.60. The van der Waals surface area contributed by atoms with Crippen LogP contribution in [0.15, 0.2) is 30.3 Å². The first-order chi connectivity index (χ1) is 9.45. The van der Waals surface area contributed by atoms with E-state index in [1.165, 1.54) is 0 Å². The maximum absolute atomic E-state index is 12.0. The highest BCUT2D eigenvalue weighted by molar-refractivity contribution is 7.89. The van der Waals surface area contributed by atoms with Crippen LogP contribution in [0.3, 0.4) is 0 Å². The number of ether oxygens (including phenoxy) is 1. The summed E-state index contributed by atoms with van der Waals surface area (Å²) in [4.78, 5) is 10.7. The fourth-order valence-electron chi connectivity index (χ4n) is 1.63. The molecule has 0 fully saturated rings. The minimum Gasteiger partial charge on any atom is -0.492 e. The Labute approximate surface area is 119 Å². The van der Waals surface area contributed by atoms with Gasteiger partial charge in [-0.1, -0.05) is 25.1 Å². The van der Waals surface area contributed by atoms with E-state index >= 15 is 0 Å². The molecule has 0 unspecified atom stereocenters. The van der Waals surface area contributed by atoms with Gasteiger partial charge in [-0.25, -0.2) is 8.42 Å². The summed E-state index contributed by atoms with van der Waals surface area (Å²) in [6.45, 7) is 1.47. The van der Waals surface area contributed by atoms with Crippen LogP contribution < -0.4 is 4.74 Å². The SMILES string of the molecule is CCCN(CC(=O)O)S(=O)(=O)CCOc1ccccc1. The number of rotatable bonds is 9. The lowest BCUT2D eigenvalue weighted by molar-refractivity contribution is -0.137. The molecule has 0 atom stereocenters. The first kappa shape index (κ1) is 16.5. The van der Waals surface area contributed by atoms with E-state index in [0.717, 1.165) is 4.31 Å². The highest BCUT2D eigenvalue weighted by atomic mass is 32.2. The Kier molecular flexibility index (Phi) is 6.47. The second kappa shape index (κ2) is 7.86. The van der Waals surface area contributed by atoms with E-state index in [1.54, 1.807) is 31.2 Å². The van der Waals surface area contributed by atoms with Crippen molar-refractivity contribution in [2.24, 2.45) is 0 Å². The molecule has 1 aromatic rings. The van der Waals surface area contributed by atoms with Crippen molar-refractivity contribution >= 4 is 16.0 Å². The van der Waals surface area contributed by atoms with E-state index in [2.05, 4.69) is 0 Å². The summed E-state index contributed by atoms with van der Waals surface area (Å²) in [6, 6.07) is 8.87. The molecule has 0 aliphatic heterocycles. The zero-order valence-electron chi connectivity index (χ0n) is 11.4. The molecule has 0 radical (unpaired) electrons. The third-order valence-corrected chi connectivity index (χ3v) is 4.31. The number of benzene rings is 1. The van der Waals surface area contributed by atoms with Gasteiger partial charge in [-0.15, -0.1) is 0 Å². The van der Waals surface area contributed by atoms with Crippen molar-refractivity contribution in [2.75, 3.05) is 25.4 Å². The van der Waals surface area contributed by atoms with Crippen molar-refractivity contribution in [3.05, 3.63) is 30.3 Å². The Morgan fingerprint density at radius 2 is 1.95 bits per heavy atom. The summed E-state index contributed by atoms with van der Waals surface area (Å²) in [5.41, 5.74) is 0. The molecule has 0 spiro atoms. The van der Waals surface area contributed by atoms with E-state index in [4.69, 9.17) is 9.84 Å². The average molecular weight is 301 g/mol. The number of para-hydroxylation sites is 1. The summed E-state index contributed by atoms with van der Waals surface area (Å²) in [5, 5.41) is 8.74. The summed E-state index contributed by atoms with van der Waals surface area (Å²) in [6.07, 6.45) is 0.562. The predicted molar refractivity (Wildman–Crippen MR) is 75.2 cm³/mol. The molecule has 0 aromatic heterocycles. The summed E-state index contributed by atoms with van der Waals surface area (Å²) >= 11 is 0. The van der Waals surface area contributed by atoms with Crippen LogP contribution in [0.4, 0.5) is 0 Å². The lowest BCUT2D eigenvalue weighted by Gasteiger charge is -2.19. The summed E-state index contributed by atoms with van der Waals surface area (Å²) in [5.74, 6) is -0.816. The molecule has 0 saturated heterocycles. The van der Waals surface area contributed by atoms with Crippen LogP contribution in [0.25, 0.3) is 0 Å². The molecular weight excluding hydrogens is 282 g/mol. The number of carboxylic acids is 1. The first-order valence-electron chi connectivity index (χ1n) is 6.33. The van der Waals surface area contributed by atoms with Crippen molar-refractivity contribution in [3.63, 3.8) is 0 Å². The Morgan fingerprint density at radius 1 is 1.30 bits per heavy atom. The molecular formula is C13H19NO5S. The van der Waals surface area contributed by atoms with Gasteiger partial charge < -0.3 is 9.84 Å². The van der Waals surface area contributed by atoms with E-state index in [9.17, 15) is 13.2 Å². The van der Waals surface area contributed by atoms with Crippen LogP contribution in [0.5, 0.6) is 5.75 Å². The Morgan fingerprint density at radius 3 is 2.50 bits per heavy atom.